The van der Waals surface area contributed by atoms with Crippen molar-refractivity contribution in [3.8, 4) is 0 Å². The third-order valence-electron chi connectivity index (χ3n) is 2.70. The summed E-state index contributed by atoms with van der Waals surface area (Å²) in [6.07, 6.45) is 1.98. The predicted octanol–water partition coefficient (Wildman–Crippen LogP) is 2.20. The van der Waals surface area contributed by atoms with Crippen molar-refractivity contribution in [1.29, 1.82) is 0 Å². The van der Waals surface area contributed by atoms with Gasteiger partial charge in [0.15, 0.2) is 5.82 Å². The van der Waals surface area contributed by atoms with Crippen LogP contribution in [0.1, 0.15) is 34.8 Å². The van der Waals surface area contributed by atoms with Gasteiger partial charge in [-0.25, -0.2) is 0 Å². The Morgan fingerprint density at radius 2 is 1.89 bits per heavy atom. The lowest BCUT2D eigenvalue weighted by Gasteiger charge is -2.01. The second kappa shape index (κ2) is 5.78. The van der Waals surface area contributed by atoms with Gasteiger partial charge in [-0.1, -0.05) is 34.5 Å². The number of aliphatic hydroxyl groups is 1. The van der Waals surface area contributed by atoms with Gasteiger partial charge in [0.05, 0.1) is 0 Å². The summed E-state index contributed by atoms with van der Waals surface area (Å²) in [4.78, 5) is 4.31. The Hall–Kier alpha value is -1.68. The number of aryl methyl sites for hydroxylation is 3. The lowest BCUT2D eigenvalue weighted by Crippen LogP contribution is -1.94. The smallest absolute Gasteiger partial charge is 0.226 e. The normalized spacial score (nSPS) is 10.8. The minimum Gasteiger partial charge on any atom is -0.396 e. The highest BCUT2D eigenvalue weighted by Crippen LogP contribution is 2.12. The fourth-order valence-electron chi connectivity index (χ4n) is 2.05. The third-order valence-corrected chi connectivity index (χ3v) is 2.70. The van der Waals surface area contributed by atoms with Crippen molar-refractivity contribution in [2.75, 3.05) is 6.61 Å². The van der Waals surface area contributed by atoms with Gasteiger partial charge in [0, 0.05) is 19.4 Å². The predicted molar refractivity (Wildman–Crippen MR) is 68.4 cm³/mol. The number of aliphatic hydroxyl groups excluding tert-OH is 1. The molecule has 0 aliphatic carbocycles. The molecule has 0 saturated carbocycles. The van der Waals surface area contributed by atoms with E-state index in [0.29, 0.717) is 31.0 Å². The minimum atomic E-state index is 0.148. The largest absolute Gasteiger partial charge is 0.396 e. The molecule has 2 rings (SSSR count). The van der Waals surface area contributed by atoms with E-state index in [2.05, 4.69) is 42.2 Å². The standard InChI is InChI=1S/C14H18N2O2/c1-10-6-11(2)8-12(7-10)9-13-15-14(18-16-13)4-3-5-17/h6-8,17H,3-5,9H2,1-2H3. The van der Waals surface area contributed by atoms with E-state index in [9.17, 15) is 0 Å². The van der Waals surface area contributed by atoms with Crippen molar-refractivity contribution in [3.63, 3.8) is 0 Å². The molecule has 1 N–H and O–H groups in total. The van der Waals surface area contributed by atoms with Crippen LogP contribution in [0.2, 0.25) is 0 Å². The average molecular weight is 246 g/mol. The lowest BCUT2D eigenvalue weighted by molar-refractivity contribution is 0.278. The van der Waals surface area contributed by atoms with Gasteiger partial charge < -0.3 is 9.63 Å². The Morgan fingerprint density at radius 1 is 1.17 bits per heavy atom. The maximum atomic E-state index is 8.74. The van der Waals surface area contributed by atoms with Crippen LogP contribution in [-0.4, -0.2) is 21.9 Å². The molecule has 0 radical (unpaired) electrons. The second-order valence-electron chi connectivity index (χ2n) is 4.60. The Morgan fingerprint density at radius 3 is 2.56 bits per heavy atom. The molecule has 18 heavy (non-hydrogen) atoms. The van der Waals surface area contributed by atoms with Crippen LogP contribution in [0.15, 0.2) is 22.7 Å². The SMILES string of the molecule is Cc1cc(C)cc(Cc2noc(CCCO)n2)c1. The zero-order valence-corrected chi connectivity index (χ0v) is 10.8. The molecular weight excluding hydrogens is 228 g/mol. The van der Waals surface area contributed by atoms with Gasteiger partial charge in [-0.05, 0) is 25.8 Å². The maximum Gasteiger partial charge on any atom is 0.226 e. The van der Waals surface area contributed by atoms with E-state index >= 15 is 0 Å². The van der Waals surface area contributed by atoms with Crippen molar-refractivity contribution in [3.05, 3.63) is 46.6 Å². The lowest BCUT2D eigenvalue weighted by atomic mass is 10.1. The van der Waals surface area contributed by atoms with E-state index in [1.807, 2.05) is 0 Å². The highest BCUT2D eigenvalue weighted by Gasteiger charge is 2.07. The molecule has 4 heteroatoms. The summed E-state index contributed by atoms with van der Waals surface area (Å²) in [7, 11) is 0. The highest BCUT2D eigenvalue weighted by atomic mass is 16.5. The topological polar surface area (TPSA) is 59.2 Å². The molecule has 0 saturated heterocycles. The monoisotopic (exact) mass is 246 g/mol. The zero-order valence-electron chi connectivity index (χ0n) is 10.8. The molecule has 1 heterocycles. The van der Waals surface area contributed by atoms with Crippen LogP contribution in [0.25, 0.3) is 0 Å². The molecule has 4 nitrogen and oxygen atoms in total. The van der Waals surface area contributed by atoms with E-state index in [4.69, 9.17) is 9.63 Å². The van der Waals surface area contributed by atoms with Crippen LogP contribution >= 0.6 is 0 Å². The highest BCUT2D eigenvalue weighted by molar-refractivity contribution is 5.30. The fraction of sp³-hybridized carbons (Fsp3) is 0.429. The summed E-state index contributed by atoms with van der Waals surface area (Å²) >= 11 is 0. The molecular formula is C14H18N2O2. The van der Waals surface area contributed by atoms with Crippen LogP contribution < -0.4 is 0 Å². The Balaban J connectivity index is 2.06. The van der Waals surface area contributed by atoms with Gasteiger partial charge in [0.1, 0.15) is 0 Å². The number of aromatic nitrogens is 2. The molecule has 0 spiro atoms. The summed E-state index contributed by atoms with van der Waals surface area (Å²) in [5.41, 5.74) is 3.69. The molecule has 0 unspecified atom stereocenters. The molecule has 0 aliphatic heterocycles. The van der Waals surface area contributed by atoms with E-state index in [-0.39, 0.29) is 6.61 Å². The van der Waals surface area contributed by atoms with Crippen molar-refractivity contribution >= 4 is 0 Å². The number of nitrogens with zero attached hydrogens (tertiary/aromatic N) is 2. The molecule has 1 aromatic heterocycles. The molecule has 2 aromatic rings. The van der Waals surface area contributed by atoms with Gasteiger partial charge in [-0.3, -0.25) is 0 Å². The molecule has 96 valence electrons. The van der Waals surface area contributed by atoms with Crippen LogP contribution in [0.4, 0.5) is 0 Å². The quantitative estimate of drug-likeness (QED) is 0.878. The number of rotatable bonds is 5. The van der Waals surface area contributed by atoms with E-state index in [1.54, 1.807) is 0 Å². The summed E-state index contributed by atoms with van der Waals surface area (Å²) in [6, 6.07) is 6.42. The molecule has 0 aliphatic rings. The first-order valence-corrected chi connectivity index (χ1v) is 6.17. The van der Waals surface area contributed by atoms with Crippen molar-refractivity contribution in [2.45, 2.75) is 33.1 Å². The van der Waals surface area contributed by atoms with Crippen LogP contribution in [-0.2, 0) is 12.8 Å². The van der Waals surface area contributed by atoms with E-state index in [1.165, 1.54) is 16.7 Å². The number of hydrogen-bond acceptors (Lipinski definition) is 4. The molecule has 1 aromatic carbocycles. The molecule has 0 amide bonds. The van der Waals surface area contributed by atoms with Crippen LogP contribution in [0, 0.1) is 13.8 Å². The summed E-state index contributed by atoms with van der Waals surface area (Å²) in [6.45, 7) is 4.31. The average Bonchev–Trinajstić information content (AvgIpc) is 2.72. The Labute approximate surface area is 107 Å². The van der Waals surface area contributed by atoms with Crippen molar-refractivity contribution < 1.29 is 9.63 Å². The first-order valence-electron chi connectivity index (χ1n) is 6.17. The summed E-state index contributed by atoms with van der Waals surface area (Å²) < 4.78 is 5.13. The van der Waals surface area contributed by atoms with Gasteiger partial charge >= 0.3 is 0 Å². The Bertz CT molecular complexity index is 500. The molecule has 0 atom stereocenters. The maximum absolute atomic E-state index is 8.74. The van der Waals surface area contributed by atoms with Crippen LogP contribution in [0.5, 0.6) is 0 Å². The van der Waals surface area contributed by atoms with Crippen LogP contribution in [0.3, 0.4) is 0 Å². The van der Waals surface area contributed by atoms with Crippen molar-refractivity contribution in [1.82, 2.24) is 10.1 Å². The third kappa shape index (κ3) is 3.40. The number of benzene rings is 1. The fourth-order valence-corrected chi connectivity index (χ4v) is 2.05. The van der Waals surface area contributed by atoms with Gasteiger partial charge in [0.25, 0.3) is 0 Å². The number of hydrogen-bond donors (Lipinski definition) is 1. The van der Waals surface area contributed by atoms with Crippen molar-refractivity contribution in [2.24, 2.45) is 0 Å². The zero-order chi connectivity index (χ0) is 13.0. The van der Waals surface area contributed by atoms with Gasteiger partial charge in [-0.2, -0.15) is 4.98 Å². The first kappa shape index (κ1) is 12.8. The van der Waals surface area contributed by atoms with E-state index in [0.717, 1.165) is 0 Å². The Kier molecular flexibility index (Phi) is 4.10. The van der Waals surface area contributed by atoms with Gasteiger partial charge in [-0.15, -0.1) is 0 Å². The minimum absolute atomic E-state index is 0.148. The van der Waals surface area contributed by atoms with Gasteiger partial charge in [0.2, 0.25) is 5.89 Å². The first-order chi connectivity index (χ1) is 8.67. The summed E-state index contributed by atoms with van der Waals surface area (Å²) in [5.74, 6) is 1.30. The molecule has 0 bridgehead atoms. The summed E-state index contributed by atoms with van der Waals surface area (Å²) in [5, 5.41) is 12.7. The van der Waals surface area contributed by atoms with E-state index < -0.39 is 0 Å². The molecule has 0 fully saturated rings. The second-order valence-corrected chi connectivity index (χ2v) is 4.60.